The number of nitrogens with zero attached hydrogens (tertiary/aromatic N) is 1. The standard InChI is InChI=1S/C15H19N3O/c1-15(2,16)14(19)18-8-7-13-11(9-18)10-5-3-4-6-12(10)17-13/h3-6,17H,7-9,16H2,1-2H3. The normalized spacial score (nSPS) is 15.6. The maximum Gasteiger partial charge on any atom is 0.242 e. The lowest BCUT2D eigenvalue weighted by atomic mass is 10.00. The van der Waals surface area contributed by atoms with Crippen LogP contribution < -0.4 is 5.73 Å². The number of nitrogens with two attached hydrogens (primary N) is 1. The Bertz CT molecular complexity index is 636. The molecule has 100 valence electrons. The minimum absolute atomic E-state index is 0.0171. The van der Waals surface area contributed by atoms with Crippen LogP contribution in [0.4, 0.5) is 0 Å². The molecule has 0 fully saturated rings. The number of benzene rings is 1. The molecule has 2 aromatic rings. The van der Waals surface area contributed by atoms with Crippen LogP contribution in [0.2, 0.25) is 0 Å². The highest BCUT2D eigenvalue weighted by molar-refractivity contribution is 5.88. The monoisotopic (exact) mass is 257 g/mol. The topological polar surface area (TPSA) is 62.1 Å². The fourth-order valence-electron chi connectivity index (χ4n) is 2.75. The Kier molecular flexibility index (Phi) is 2.64. The highest BCUT2D eigenvalue weighted by Crippen LogP contribution is 2.28. The Morgan fingerprint density at radius 3 is 2.84 bits per heavy atom. The second kappa shape index (κ2) is 4.10. The molecule has 1 amide bonds. The van der Waals surface area contributed by atoms with Gasteiger partial charge in [-0.05, 0) is 19.9 Å². The fourth-order valence-corrected chi connectivity index (χ4v) is 2.75. The third-order valence-electron chi connectivity index (χ3n) is 3.72. The molecule has 0 saturated heterocycles. The van der Waals surface area contributed by atoms with E-state index in [9.17, 15) is 4.79 Å². The van der Waals surface area contributed by atoms with Crippen molar-refractivity contribution < 1.29 is 4.79 Å². The molecule has 4 nitrogen and oxygen atoms in total. The van der Waals surface area contributed by atoms with Crippen molar-refractivity contribution in [2.75, 3.05) is 6.54 Å². The van der Waals surface area contributed by atoms with Crippen LogP contribution in [-0.2, 0) is 17.8 Å². The third kappa shape index (κ3) is 2.02. The van der Waals surface area contributed by atoms with Crippen molar-refractivity contribution in [2.45, 2.75) is 32.4 Å². The van der Waals surface area contributed by atoms with E-state index in [4.69, 9.17) is 5.73 Å². The molecule has 1 aliphatic rings. The zero-order chi connectivity index (χ0) is 13.6. The zero-order valence-corrected chi connectivity index (χ0v) is 11.4. The van der Waals surface area contributed by atoms with Gasteiger partial charge in [0.25, 0.3) is 0 Å². The first-order valence-electron chi connectivity index (χ1n) is 6.63. The van der Waals surface area contributed by atoms with Crippen LogP contribution in [0, 0.1) is 0 Å². The first-order valence-corrected chi connectivity index (χ1v) is 6.63. The molecule has 19 heavy (non-hydrogen) atoms. The summed E-state index contributed by atoms with van der Waals surface area (Å²) in [5.41, 5.74) is 8.75. The van der Waals surface area contributed by atoms with Crippen molar-refractivity contribution in [3.05, 3.63) is 35.5 Å². The summed E-state index contributed by atoms with van der Waals surface area (Å²) in [6, 6.07) is 8.24. The van der Waals surface area contributed by atoms with Gasteiger partial charge in [0.2, 0.25) is 5.91 Å². The molecule has 0 saturated carbocycles. The van der Waals surface area contributed by atoms with Crippen LogP contribution in [0.1, 0.15) is 25.1 Å². The van der Waals surface area contributed by atoms with Gasteiger partial charge in [0, 0.05) is 41.7 Å². The Morgan fingerprint density at radius 1 is 1.37 bits per heavy atom. The third-order valence-corrected chi connectivity index (χ3v) is 3.72. The van der Waals surface area contributed by atoms with Crippen molar-refractivity contribution in [3.63, 3.8) is 0 Å². The molecule has 1 aromatic heterocycles. The quantitative estimate of drug-likeness (QED) is 0.818. The Hall–Kier alpha value is -1.81. The summed E-state index contributed by atoms with van der Waals surface area (Å²) >= 11 is 0. The number of hydrogen-bond donors (Lipinski definition) is 2. The molecule has 2 heterocycles. The average molecular weight is 257 g/mol. The molecule has 0 bridgehead atoms. The summed E-state index contributed by atoms with van der Waals surface area (Å²) in [6.45, 7) is 4.91. The maximum atomic E-state index is 12.3. The van der Waals surface area contributed by atoms with Crippen LogP contribution in [-0.4, -0.2) is 27.9 Å². The molecule has 4 heteroatoms. The van der Waals surface area contributed by atoms with Crippen molar-refractivity contribution in [3.8, 4) is 0 Å². The van der Waals surface area contributed by atoms with Gasteiger partial charge in [-0.1, -0.05) is 18.2 Å². The number of amides is 1. The Balaban J connectivity index is 1.97. The van der Waals surface area contributed by atoms with E-state index in [2.05, 4.69) is 17.1 Å². The van der Waals surface area contributed by atoms with E-state index in [1.54, 1.807) is 13.8 Å². The first-order chi connectivity index (χ1) is 8.97. The number of H-pyrrole nitrogens is 1. The second-order valence-electron chi connectivity index (χ2n) is 5.83. The average Bonchev–Trinajstić information content (AvgIpc) is 2.74. The number of para-hydroxylation sites is 1. The van der Waals surface area contributed by atoms with Gasteiger partial charge in [-0.15, -0.1) is 0 Å². The minimum Gasteiger partial charge on any atom is -0.358 e. The van der Waals surface area contributed by atoms with Crippen LogP contribution in [0.3, 0.4) is 0 Å². The number of rotatable bonds is 1. The molecular weight excluding hydrogens is 238 g/mol. The molecule has 1 aromatic carbocycles. The molecule has 1 aliphatic heterocycles. The number of carbonyl (C=O) groups excluding carboxylic acids is 1. The second-order valence-corrected chi connectivity index (χ2v) is 5.83. The molecule has 0 aliphatic carbocycles. The van der Waals surface area contributed by atoms with E-state index >= 15 is 0 Å². The first kappa shape index (κ1) is 12.2. The highest BCUT2D eigenvalue weighted by Gasteiger charge is 2.31. The number of aromatic nitrogens is 1. The lowest BCUT2D eigenvalue weighted by Gasteiger charge is -2.32. The molecule has 0 radical (unpaired) electrons. The van der Waals surface area contributed by atoms with Crippen LogP contribution in [0.5, 0.6) is 0 Å². The number of fused-ring (bicyclic) bond motifs is 3. The summed E-state index contributed by atoms with van der Waals surface area (Å²) < 4.78 is 0. The smallest absolute Gasteiger partial charge is 0.242 e. The SMILES string of the molecule is CC(C)(N)C(=O)N1CCc2[nH]c3ccccc3c2C1. The maximum absolute atomic E-state index is 12.3. The fraction of sp³-hybridized carbons (Fsp3) is 0.400. The molecule has 0 spiro atoms. The van der Waals surface area contributed by atoms with Gasteiger partial charge < -0.3 is 15.6 Å². The van der Waals surface area contributed by atoms with E-state index in [1.807, 2.05) is 17.0 Å². The van der Waals surface area contributed by atoms with Crippen molar-refractivity contribution in [2.24, 2.45) is 5.73 Å². The van der Waals surface area contributed by atoms with Gasteiger partial charge in [0.15, 0.2) is 0 Å². The molecule has 3 N–H and O–H groups in total. The zero-order valence-electron chi connectivity index (χ0n) is 11.4. The summed E-state index contributed by atoms with van der Waals surface area (Å²) in [6.07, 6.45) is 0.867. The number of carbonyl (C=O) groups is 1. The van der Waals surface area contributed by atoms with Crippen LogP contribution >= 0.6 is 0 Å². The van der Waals surface area contributed by atoms with Crippen LogP contribution in [0.15, 0.2) is 24.3 Å². The molecular formula is C15H19N3O. The Labute approximate surface area is 112 Å². The predicted molar refractivity (Wildman–Crippen MR) is 75.7 cm³/mol. The van der Waals surface area contributed by atoms with E-state index in [0.29, 0.717) is 6.54 Å². The summed E-state index contributed by atoms with van der Waals surface area (Å²) in [4.78, 5) is 17.6. The van der Waals surface area contributed by atoms with Gasteiger partial charge in [-0.25, -0.2) is 0 Å². The lowest BCUT2D eigenvalue weighted by molar-refractivity contribution is -0.136. The van der Waals surface area contributed by atoms with Gasteiger partial charge in [-0.2, -0.15) is 0 Å². The van der Waals surface area contributed by atoms with E-state index in [-0.39, 0.29) is 5.91 Å². The summed E-state index contributed by atoms with van der Waals surface area (Å²) in [5.74, 6) is 0.0171. The van der Waals surface area contributed by atoms with Crippen LogP contribution in [0.25, 0.3) is 10.9 Å². The van der Waals surface area contributed by atoms with Crippen molar-refractivity contribution >= 4 is 16.8 Å². The largest absolute Gasteiger partial charge is 0.358 e. The highest BCUT2D eigenvalue weighted by atomic mass is 16.2. The predicted octanol–water partition coefficient (Wildman–Crippen LogP) is 1.79. The summed E-state index contributed by atoms with van der Waals surface area (Å²) in [7, 11) is 0. The van der Waals surface area contributed by atoms with Crippen molar-refractivity contribution in [1.29, 1.82) is 0 Å². The van der Waals surface area contributed by atoms with Gasteiger partial charge in [0.05, 0.1) is 5.54 Å². The number of aromatic amines is 1. The lowest BCUT2D eigenvalue weighted by Crippen LogP contribution is -2.52. The van der Waals surface area contributed by atoms with E-state index < -0.39 is 5.54 Å². The molecule has 0 unspecified atom stereocenters. The number of nitrogens with one attached hydrogen (secondary N) is 1. The van der Waals surface area contributed by atoms with Gasteiger partial charge in [-0.3, -0.25) is 4.79 Å². The van der Waals surface area contributed by atoms with Gasteiger partial charge >= 0.3 is 0 Å². The van der Waals surface area contributed by atoms with Crippen molar-refractivity contribution in [1.82, 2.24) is 9.88 Å². The van der Waals surface area contributed by atoms with E-state index in [1.165, 1.54) is 16.6 Å². The van der Waals surface area contributed by atoms with E-state index in [0.717, 1.165) is 18.5 Å². The summed E-state index contributed by atoms with van der Waals surface area (Å²) in [5, 5.41) is 1.21. The minimum atomic E-state index is -0.802. The molecule has 3 rings (SSSR count). The Morgan fingerprint density at radius 2 is 2.11 bits per heavy atom. The molecule has 0 atom stereocenters. The number of hydrogen-bond acceptors (Lipinski definition) is 2. The van der Waals surface area contributed by atoms with Gasteiger partial charge in [0.1, 0.15) is 0 Å².